The normalized spacial score (nSPS) is 14.9. The third-order valence-corrected chi connectivity index (χ3v) is 6.12. The Balaban J connectivity index is 1.64. The number of anilines is 1. The third-order valence-electron chi connectivity index (χ3n) is 6.12. The number of nitrogens with zero attached hydrogens (tertiary/aromatic N) is 3. The molecular weight excluding hydrogens is 464 g/mol. The van der Waals surface area contributed by atoms with Crippen molar-refractivity contribution in [3.8, 4) is 11.5 Å². The molecule has 1 aromatic heterocycles. The number of ether oxygens (including phenoxy) is 2. The maximum atomic E-state index is 14.7. The molecule has 1 aliphatic carbocycles. The number of alkyl halides is 3. The molecular formula is C25H28F4N4O2. The van der Waals surface area contributed by atoms with Crippen LogP contribution in [-0.2, 0) is 6.18 Å². The number of hydrogen-bond donors (Lipinski definition) is 1. The fourth-order valence-electron chi connectivity index (χ4n) is 4.02. The van der Waals surface area contributed by atoms with Gasteiger partial charge in [0.05, 0.1) is 24.2 Å². The van der Waals surface area contributed by atoms with Crippen LogP contribution in [0.1, 0.15) is 42.8 Å². The minimum Gasteiger partial charge on any atom is -0.493 e. The van der Waals surface area contributed by atoms with Gasteiger partial charge in [-0.3, -0.25) is 0 Å². The summed E-state index contributed by atoms with van der Waals surface area (Å²) >= 11 is 0. The molecule has 1 fully saturated rings. The highest BCUT2D eigenvalue weighted by molar-refractivity contribution is 5.92. The molecule has 10 heteroatoms. The number of nitrogens with one attached hydrogen (secondary N) is 1. The summed E-state index contributed by atoms with van der Waals surface area (Å²) in [4.78, 5) is 11.1. The molecule has 6 nitrogen and oxygen atoms in total. The zero-order valence-electron chi connectivity index (χ0n) is 20.0. The number of halogens is 4. The Bertz CT molecular complexity index is 1210. The maximum Gasteiger partial charge on any atom is 0.419 e. The van der Waals surface area contributed by atoms with Crippen molar-refractivity contribution in [1.82, 2.24) is 14.9 Å². The number of hydrogen-bond acceptors (Lipinski definition) is 6. The Morgan fingerprint density at radius 3 is 2.57 bits per heavy atom. The molecule has 1 N–H and O–H groups in total. The largest absolute Gasteiger partial charge is 0.493 e. The molecule has 0 saturated heterocycles. The lowest BCUT2D eigenvalue weighted by Crippen LogP contribution is -2.26. The van der Waals surface area contributed by atoms with Gasteiger partial charge in [-0.1, -0.05) is 12.1 Å². The van der Waals surface area contributed by atoms with Crippen molar-refractivity contribution >= 4 is 16.7 Å². The number of fused-ring (bicyclic) bond motifs is 1. The van der Waals surface area contributed by atoms with Gasteiger partial charge in [0, 0.05) is 29.6 Å². The van der Waals surface area contributed by atoms with E-state index in [0.717, 1.165) is 12.6 Å². The van der Waals surface area contributed by atoms with Crippen molar-refractivity contribution < 1.29 is 27.0 Å². The molecule has 2 aromatic carbocycles. The van der Waals surface area contributed by atoms with Gasteiger partial charge in [0.2, 0.25) is 0 Å². The number of rotatable bonds is 9. The molecule has 0 spiro atoms. The van der Waals surface area contributed by atoms with Crippen LogP contribution in [0.2, 0.25) is 0 Å². The lowest BCUT2D eigenvalue weighted by molar-refractivity contribution is -0.140. The van der Waals surface area contributed by atoms with Crippen molar-refractivity contribution in [3.05, 3.63) is 53.1 Å². The average molecular weight is 493 g/mol. The minimum absolute atomic E-state index is 0.114. The van der Waals surface area contributed by atoms with Crippen LogP contribution >= 0.6 is 0 Å². The van der Waals surface area contributed by atoms with Gasteiger partial charge in [-0.15, -0.1) is 0 Å². The van der Waals surface area contributed by atoms with E-state index in [1.165, 1.54) is 32.1 Å². The summed E-state index contributed by atoms with van der Waals surface area (Å²) in [5.41, 5.74) is -0.850. The first-order valence-electron chi connectivity index (χ1n) is 11.4. The van der Waals surface area contributed by atoms with E-state index in [2.05, 4.69) is 27.2 Å². The molecule has 1 heterocycles. The van der Waals surface area contributed by atoms with Gasteiger partial charge in [-0.2, -0.15) is 13.2 Å². The number of aromatic nitrogens is 2. The molecule has 188 valence electrons. The molecule has 0 unspecified atom stereocenters. The molecule has 4 rings (SSSR count). The zero-order chi connectivity index (χ0) is 25.3. The van der Waals surface area contributed by atoms with Gasteiger partial charge in [0.25, 0.3) is 0 Å². The summed E-state index contributed by atoms with van der Waals surface area (Å²) in [7, 11) is 3.60. The fraction of sp³-hybridized carbons (Fsp3) is 0.440. The van der Waals surface area contributed by atoms with E-state index in [9.17, 15) is 17.6 Å². The topological polar surface area (TPSA) is 59.5 Å². The van der Waals surface area contributed by atoms with E-state index < -0.39 is 23.6 Å². The standard InChI is InChI=1S/C25H28F4N4O2/c1-14(17-6-5-7-19(23(17)26)25(27,28)29)30-24-18-12-22(35-11-10-33(3)16-8-9-16)21(34-4)13-20(18)31-15(2)32-24/h5-7,12-14,16H,8-11H2,1-4H3,(H,30,31,32)/t14-/m1/s1. The summed E-state index contributed by atoms with van der Waals surface area (Å²) in [6.45, 7) is 4.49. The third kappa shape index (κ3) is 5.58. The summed E-state index contributed by atoms with van der Waals surface area (Å²) in [5, 5.41) is 3.65. The first-order valence-corrected chi connectivity index (χ1v) is 11.4. The van der Waals surface area contributed by atoms with Crippen molar-refractivity contribution in [3.63, 3.8) is 0 Å². The monoisotopic (exact) mass is 492 g/mol. The van der Waals surface area contributed by atoms with Gasteiger partial charge in [0.15, 0.2) is 11.5 Å². The summed E-state index contributed by atoms with van der Waals surface area (Å²) in [5.74, 6) is 0.503. The summed E-state index contributed by atoms with van der Waals surface area (Å²) in [6.07, 6.45) is -2.38. The van der Waals surface area contributed by atoms with Gasteiger partial charge >= 0.3 is 6.18 Å². The van der Waals surface area contributed by atoms with Crippen LogP contribution in [-0.4, -0.2) is 48.2 Å². The van der Waals surface area contributed by atoms with Crippen LogP contribution in [0.4, 0.5) is 23.4 Å². The molecule has 1 atom stereocenters. The second-order valence-corrected chi connectivity index (χ2v) is 8.77. The van der Waals surface area contributed by atoms with E-state index in [1.807, 2.05) is 0 Å². The molecule has 1 aliphatic rings. The Labute approximate surface area is 201 Å². The quantitative estimate of drug-likeness (QED) is 0.384. The molecule has 0 amide bonds. The SMILES string of the molecule is COc1cc2nc(C)nc(N[C@H](C)c3cccc(C(F)(F)F)c3F)c2cc1OCCN(C)C1CC1. The lowest BCUT2D eigenvalue weighted by Gasteiger charge is -2.20. The van der Waals surface area contributed by atoms with Crippen LogP contribution in [0.3, 0.4) is 0 Å². The van der Waals surface area contributed by atoms with Crippen LogP contribution in [0.25, 0.3) is 10.9 Å². The van der Waals surface area contributed by atoms with Gasteiger partial charge in [-0.25, -0.2) is 14.4 Å². The van der Waals surface area contributed by atoms with Crippen molar-refractivity contribution in [2.45, 2.75) is 44.9 Å². The van der Waals surface area contributed by atoms with Gasteiger partial charge < -0.3 is 19.7 Å². The molecule has 1 saturated carbocycles. The highest BCUT2D eigenvalue weighted by Gasteiger charge is 2.35. The predicted molar refractivity (Wildman–Crippen MR) is 125 cm³/mol. The Morgan fingerprint density at radius 2 is 1.91 bits per heavy atom. The minimum atomic E-state index is -4.78. The molecule has 0 bridgehead atoms. The summed E-state index contributed by atoms with van der Waals surface area (Å²) in [6, 6.07) is 6.53. The van der Waals surface area contributed by atoms with Gasteiger partial charge in [-0.05, 0) is 45.9 Å². The van der Waals surface area contributed by atoms with Crippen LogP contribution in [0, 0.1) is 12.7 Å². The Kier molecular flexibility index (Phi) is 7.02. The molecule has 0 radical (unpaired) electrons. The average Bonchev–Trinajstić information content (AvgIpc) is 3.63. The van der Waals surface area contributed by atoms with E-state index in [-0.39, 0.29) is 5.56 Å². The number of methoxy groups -OCH3 is 1. The van der Waals surface area contributed by atoms with E-state index in [0.29, 0.717) is 46.7 Å². The van der Waals surface area contributed by atoms with E-state index in [1.54, 1.807) is 26.0 Å². The van der Waals surface area contributed by atoms with Crippen molar-refractivity contribution in [1.29, 1.82) is 0 Å². The highest BCUT2D eigenvalue weighted by atomic mass is 19.4. The second-order valence-electron chi connectivity index (χ2n) is 8.77. The number of benzene rings is 2. The van der Waals surface area contributed by atoms with E-state index >= 15 is 0 Å². The lowest BCUT2D eigenvalue weighted by atomic mass is 10.0. The van der Waals surface area contributed by atoms with Crippen LogP contribution in [0.15, 0.2) is 30.3 Å². The van der Waals surface area contributed by atoms with Gasteiger partial charge in [0.1, 0.15) is 24.1 Å². The van der Waals surface area contributed by atoms with E-state index in [4.69, 9.17) is 9.47 Å². The first kappa shape index (κ1) is 25.0. The zero-order valence-corrected chi connectivity index (χ0v) is 20.0. The van der Waals surface area contributed by atoms with Crippen LogP contribution < -0.4 is 14.8 Å². The van der Waals surface area contributed by atoms with Crippen molar-refractivity contribution in [2.24, 2.45) is 0 Å². The molecule has 3 aromatic rings. The number of aryl methyl sites for hydroxylation is 1. The summed E-state index contributed by atoms with van der Waals surface area (Å²) < 4.78 is 65.7. The molecule has 0 aliphatic heterocycles. The smallest absolute Gasteiger partial charge is 0.419 e. The predicted octanol–water partition coefficient (Wildman–Crippen LogP) is 5.75. The maximum absolute atomic E-state index is 14.7. The Hall–Kier alpha value is -3.14. The number of likely N-dealkylation sites (N-methyl/N-ethyl adjacent to an activating group) is 1. The first-order chi connectivity index (χ1) is 16.6. The second kappa shape index (κ2) is 9.85. The molecule has 35 heavy (non-hydrogen) atoms. The van der Waals surface area contributed by atoms with Crippen LogP contribution in [0.5, 0.6) is 11.5 Å². The highest BCUT2D eigenvalue weighted by Crippen LogP contribution is 2.37. The fourth-order valence-corrected chi connectivity index (χ4v) is 4.02. The Morgan fingerprint density at radius 1 is 1.17 bits per heavy atom. The van der Waals surface area contributed by atoms with Crippen molar-refractivity contribution in [2.75, 3.05) is 32.6 Å².